The van der Waals surface area contributed by atoms with Gasteiger partial charge in [-0.25, -0.2) is 4.79 Å². The third kappa shape index (κ3) is 4.76. The summed E-state index contributed by atoms with van der Waals surface area (Å²) < 4.78 is 3.95. The van der Waals surface area contributed by atoms with Gasteiger partial charge in [0.05, 0.1) is 12.3 Å². The Kier molecular flexibility index (Phi) is 6.86. The molecule has 23 heavy (non-hydrogen) atoms. The topological polar surface area (TPSA) is 38.7 Å². The summed E-state index contributed by atoms with van der Waals surface area (Å²) in [6.07, 6.45) is 1.75. The molecular formula is C17H28Cl3NO2. The van der Waals surface area contributed by atoms with E-state index in [9.17, 15) is 4.79 Å². The Labute approximate surface area is 155 Å². The maximum atomic E-state index is 12.6. The first-order valence-corrected chi connectivity index (χ1v) is 9.34. The number of carbonyl (C=O) groups excluding carboxylic acids is 1. The number of alkyl halides is 3. The molecule has 0 spiro atoms. The molecule has 0 aromatic carbocycles. The molecular weight excluding hydrogens is 357 g/mol. The third-order valence-corrected chi connectivity index (χ3v) is 5.67. The minimum absolute atomic E-state index is 0.0133. The van der Waals surface area contributed by atoms with Crippen molar-refractivity contribution >= 4 is 46.5 Å². The van der Waals surface area contributed by atoms with Gasteiger partial charge >= 0.3 is 5.97 Å². The molecule has 0 N–H and O–H groups in total. The fourth-order valence-corrected chi connectivity index (χ4v) is 4.09. The number of aliphatic imine (C=N–C) groups is 1. The van der Waals surface area contributed by atoms with Gasteiger partial charge in [-0.2, -0.15) is 0 Å². The summed E-state index contributed by atoms with van der Waals surface area (Å²) in [5.41, 5.74) is 0.257. The molecule has 3 unspecified atom stereocenters. The molecule has 0 aliphatic heterocycles. The molecule has 3 nitrogen and oxygen atoms in total. The molecule has 0 radical (unpaired) electrons. The maximum Gasteiger partial charge on any atom is 0.333 e. The van der Waals surface area contributed by atoms with Crippen molar-refractivity contribution < 1.29 is 9.53 Å². The molecule has 0 saturated heterocycles. The Morgan fingerprint density at radius 1 is 1.30 bits per heavy atom. The van der Waals surface area contributed by atoms with Crippen LogP contribution in [0.4, 0.5) is 0 Å². The molecule has 0 amide bonds. The minimum Gasteiger partial charge on any atom is -0.464 e. The van der Waals surface area contributed by atoms with Crippen LogP contribution in [0.15, 0.2) is 4.99 Å². The molecule has 0 heterocycles. The van der Waals surface area contributed by atoms with Crippen molar-refractivity contribution in [3.05, 3.63) is 0 Å². The zero-order valence-electron chi connectivity index (χ0n) is 14.9. The third-order valence-electron chi connectivity index (χ3n) is 4.52. The lowest BCUT2D eigenvalue weighted by molar-refractivity contribution is -0.145. The second kappa shape index (κ2) is 7.49. The molecule has 3 atom stereocenters. The number of hydrogen-bond acceptors (Lipinski definition) is 3. The van der Waals surface area contributed by atoms with Gasteiger partial charge in [0.1, 0.15) is 0 Å². The first-order valence-electron chi connectivity index (χ1n) is 8.21. The first-order chi connectivity index (χ1) is 10.4. The fourth-order valence-electron chi connectivity index (χ4n) is 2.75. The van der Waals surface area contributed by atoms with Crippen LogP contribution in [0, 0.1) is 11.3 Å². The van der Waals surface area contributed by atoms with Crippen LogP contribution in [0.3, 0.4) is 0 Å². The summed E-state index contributed by atoms with van der Waals surface area (Å²) in [6, 6.07) is -0.0133. The highest BCUT2D eigenvalue weighted by Crippen LogP contribution is 2.52. The van der Waals surface area contributed by atoms with Gasteiger partial charge in [-0.1, -0.05) is 62.5 Å². The molecule has 0 bridgehead atoms. The SMILES string of the molecule is CCOC(=O)C1(Cl)CC(C(C)(C)C)CC(Cl)(Cl)C1=NC(C)CC. The number of nitrogens with zero attached hydrogens (tertiary/aromatic N) is 1. The van der Waals surface area contributed by atoms with E-state index in [0.717, 1.165) is 6.42 Å². The molecule has 0 aromatic rings. The zero-order valence-corrected chi connectivity index (χ0v) is 17.1. The summed E-state index contributed by atoms with van der Waals surface area (Å²) >= 11 is 20.0. The highest BCUT2D eigenvalue weighted by molar-refractivity contribution is 6.65. The van der Waals surface area contributed by atoms with Crippen molar-refractivity contribution in [1.29, 1.82) is 0 Å². The Bertz CT molecular complexity index is 471. The van der Waals surface area contributed by atoms with E-state index in [2.05, 4.69) is 25.8 Å². The molecule has 134 valence electrons. The van der Waals surface area contributed by atoms with Crippen LogP contribution in [-0.4, -0.2) is 33.5 Å². The van der Waals surface area contributed by atoms with Crippen molar-refractivity contribution in [2.75, 3.05) is 6.61 Å². The van der Waals surface area contributed by atoms with E-state index in [1.807, 2.05) is 13.8 Å². The average molecular weight is 385 g/mol. The highest BCUT2D eigenvalue weighted by Gasteiger charge is 2.58. The molecule has 1 aliphatic carbocycles. The monoisotopic (exact) mass is 383 g/mol. The van der Waals surface area contributed by atoms with Crippen molar-refractivity contribution in [2.45, 2.75) is 76.1 Å². The smallest absolute Gasteiger partial charge is 0.333 e. The zero-order chi connectivity index (χ0) is 18.1. The number of carbonyl (C=O) groups is 1. The van der Waals surface area contributed by atoms with Gasteiger partial charge in [0, 0.05) is 6.04 Å². The van der Waals surface area contributed by atoms with E-state index >= 15 is 0 Å². The summed E-state index contributed by atoms with van der Waals surface area (Å²) in [7, 11) is 0. The van der Waals surface area contributed by atoms with Crippen molar-refractivity contribution in [2.24, 2.45) is 16.3 Å². The lowest BCUT2D eigenvalue weighted by Gasteiger charge is -2.46. The Balaban J connectivity index is 3.40. The van der Waals surface area contributed by atoms with Crippen LogP contribution < -0.4 is 0 Å². The highest BCUT2D eigenvalue weighted by atomic mass is 35.5. The Morgan fingerprint density at radius 2 is 1.87 bits per heavy atom. The van der Waals surface area contributed by atoms with Crippen LogP contribution in [0.25, 0.3) is 0 Å². The molecule has 1 saturated carbocycles. The molecule has 6 heteroatoms. The predicted molar refractivity (Wildman–Crippen MR) is 99.0 cm³/mol. The number of rotatable bonds is 4. The molecule has 1 fully saturated rings. The summed E-state index contributed by atoms with van der Waals surface area (Å²) in [5.74, 6) is -0.432. The van der Waals surface area contributed by atoms with E-state index in [0.29, 0.717) is 18.6 Å². The minimum atomic E-state index is -1.40. The standard InChI is InChI=1S/C17H28Cl3NO2/c1-7-11(3)21-13-16(18,14(22)23-8-2)9-12(15(4,5)6)10-17(13,19)20/h11-12H,7-10H2,1-6H3. The van der Waals surface area contributed by atoms with Crippen LogP contribution in [0.2, 0.25) is 0 Å². The molecule has 0 aromatic heterocycles. The van der Waals surface area contributed by atoms with E-state index in [1.165, 1.54) is 0 Å². The van der Waals surface area contributed by atoms with E-state index in [4.69, 9.17) is 39.5 Å². The van der Waals surface area contributed by atoms with Crippen molar-refractivity contribution in [3.8, 4) is 0 Å². The maximum absolute atomic E-state index is 12.6. The van der Waals surface area contributed by atoms with Gasteiger partial charge in [0.15, 0.2) is 9.21 Å². The predicted octanol–water partition coefficient (Wildman–Crippen LogP) is 5.40. The summed E-state index contributed by atoms with van der Waals surface area (Å²) in [6.45, 7) is 12.3. The molecule has 1 rings (SSSR count). The largest absolute Gasteiger partial charge is 0.464 e. The number of hydrogen-bond donors (Lipinski definition) is 0. The van der Waals surface area contributed by atoms with Crippen LogP contribution in [0.5, 0.6) is 0 Å². The lowest BCUT2D eigenvalue weighted by atomic mass is 9.67. The fraction of sp³-hybridized carbons (Fsp3) is 0.882. The van der Waals surface area contributed by atoms with Crippen LogP contribution in [0.1, 0.15) is 60.8 Å². The lowest BCUT2D eigenvalue weighted by Crippen LogP contribution is -2.57. The summed E-state index contributed by atoms with van der Waals surface area (Å²) in [5, 5.41) is 0. The average Bonchev–Trinajstić information content (AvgIpc) is 2.41. The quantitative estimate of drug-likeness (QED) is 0.481. The normalized spacial score (nSPS) is 31.0. The second-order valence-electron chi connectivity index (χ2n) is 7.43. The van der Waals surface area contributed by atoms with Crippen LogP contribution in [-0.2, 0) is 9.53 Å². The van der Waals surface area contributed by atoms with Gasteiger partial charge < -0.3 is 4.74 Å². The second-order valence-corrected chi connectivity index (χ2v) is 9.56. The van der Waals surface area contributed by atoms with E-state index < -0.39 is 15.2 Å². The van der Waals surface area contributed by atoms with Crippen LogP contribution >= 0.6 is 34.8 Å². The van der Waals surface area contributed by atoms with E-state index in [1.54, 1.807) is 6.92 Å². The van der Waals surface area contributed by atoms with E-state index in [-0.39, 0.29) is 24.0 Å². The van der Waals surface area contributed by atoms with Crippen molar-refractivity contribution in [3.63, 3.8) is 0 Å². The number of ether oxygens (including phenoxy) is 1. The number of halogens is 3. The van der Waals surface area contributed by atoms with Gasteiger partial charge in [-0.15, -0.1) is 0 Å². The van der Waals surface area contributed by atoms with Gasteiger partial charge in [-0.05, 0) is 44.4 Å². The van der Waals surface area contributed by atoms with Crippen molar-refractivity contribution in [1.82, 2.24) is 0 Å². The van der Waals surface area contributed by atoms with Gasteiger partial charge in [0.25, 0.3) is 0 Å². The van der Waals surface area contributed by atoms with Gasteiger partial charge in [0.2, 0.25) is 0 Å². The number of esters is 1. The first kappa shape index (κ1) is 21.1. The Hall–Kier alpha value is 0.01000. The Morgan fingerprint density at radius 3 is 2.30 bits per heavy atom. The summed E-state index contributed by atoms with van der Waals surface area (Å²) in [4.78, 5) is 15.8. The molecule has 1 aliphatic rings. The van der Waals surface area contributed by atoms with Gasteiger partial charge in [-0.3, -0.25) is 4.99 Å².